The summed E-state index contributed by atoms with van der Waals surface area (Å²) in [5.74, 6) is 0. The van der Waals surface area contributed by atoms with Crippen LogP contribution in [0.4, 0.5) is 0 Å². The normalized spacial score (nSPS) is 34.8. The number of nitrogens with one attached hydrogen (secondary N) is 1. The molecule has 2 aliphatic carbocycles. The summed E-state index contributed by atoms with van der Waals surface area (Å²) in [5, 5.41) is 3.99. The second-order valence-electron chi connectivity index (χ2n) is 6.86. The monoisotopic (exact) mass is 238 g/mol. The molecule has 0 amide bonds. The zero-order valence-electron chi connectivity index (χ0n) is 11.7. The summed E-state index contributed by atoms with van der Waals surface area (Å²) >= 11 is 0. The van der Waals surface area contributed by atoms with E-state index in [1.165, 1.54) is 57.8 Å². The zero-order valence-corrected chi connectivity index (χ0v) is 11.7. The molecule has 0 spiro atoms. The Morgan fingerprint density at radius 2 is 1.65 bits per heavy atom. The molecule has 2 fully saturated rings. The van der Waals surface area contributed by atoms with E-state index in [2.05, 4.69) is 19.2 Å². The Morgan fingerprint density at radius 3 is 2.12 bits per heavy atom. The highest BCUT2D eigenvalue weighted by Crippen LogP contribution is 2.46. The van der Waals surface area contributed by atoms with Crippen LogP contribution in [0.15, 0.2) is 0 Å². The molecule has 100 valence electrons. The highest BCUT2D eigenvalue weighted by Gasteiger charge is 2.48. The maximum atomic E-state index is 6.14. The Morgan fingerprint density at radius 1 is 1.00 bits per heavy atom. The van der Waals surface area contributed by atoms with Gasteiger partial charge in [-0.05, 0) is 31.1 Å². The Balaban J connectivity index is 2.03. The molecule has 2 nitrogen and oxygen atoms in total. The lowest BCUT2D eigenvalue weighted by atomic mass is 9.74. The fourth-order valence-corrected chi connectivity index (χ4v) is 3.93. The third kappa shape index (κ3) is 2.68. The molecule has 0 aromatic carbocycles. The number of rotatable bonds is 3. The van der Waals surface area contributed by atoms with Crippen LogP contribution in [0, 0.1) is 5.41 Å². The van der Waals surface area contributed by atoms with Gasteiger partial charge in [-0.3, -0.25) is 0 Å². The molecule has 2 heteroatoms. The van der Waals surface area contributed by atoms with Crippen LogP contribution in [0.3, 0.4) is 0 Å². The molecule has 0 aromatic rings. The Bertz CT molecular complexity index is 241. The zero-order chi connectivity index (χ0) is 12.4. The van der Waals surface area contributed by atoms with Crippen molar-refractivity contribution in [2.75, 3.05) is 6.54 Å². The van der Waals surface area contributed by atoms with Gasteiger partial charge in [0.15, 0.2) is 0 Å². The van der Waals surface area contributed by atoms with Crippen molar-refractivity contribution in [1.29, 1.82) is 0 Å². The van der Waals surface area contributed by atoms with E-state index in [4.69, 9.17) is 5.73 Å². The SMILES string of the molecule is CC1(C)CCCC1(CN)NC1CCCCCC1. The van der Waals surface area contributed by atoms with Gasteiger partial charge < -0.3 is 11.1 Å². The standard InChI is InChI=1S/C15H30N2/c1-14(2)10-7-11-15(14,12-16)17-13-8-5-3-4-6-9-13/h13,17H,3-12,16H2,1-2H3. The molecule has 17 heavy (non-hydrogen) atoms. The maximum Gasteiger partial charge on any atom is 0.0357 e. The number of nitrogens with two attached hydrogens (primary N) is 1. The third-order valence-electron chi connectivity index (χ3n) is 5.38. The van der Waals surface area contributed by atoms with Crippen LogP contribution >= 0.6 is 0 Å². The van der Waals surface area contributed by atoms with Crippen LogP contribution in [-0.4, -0.2) is 18.1 Å². The summed E-state index contributed by atoms with van der Waals surface area (Å²) in [5.41, 5.74) is 6.72. The van der Waals surface area contributed by atoms with E-state index < -0.39 is 0 Å². The van der Waals surface area contributed by atoms with Crippen molar-refractivity contribution in [3.63, 3.8) is 0 Å². The highest BCUT2D eigenvalue weighted by molar-refractivity contribution is 5.06. The predicted octanol–water partition coefficient (Wildman–Crippen LogP) is 3.21. The van der Waals surface area contributed by atoms with Crippen molar-refractivity contribution in [1.82, 2.24) is 5.32 Å². The van der Waals surface area contributed by atoms with Crippen molar-refractivity contribution in [2.24, 2.45) is 11.1 Å². The lowest BCUT2D eigenvalue weighted by Gasteiger charge is -2.44. The summed E-state index contributed by atoms with van der Waals surface area (Å²) < 4.78 is 0. The second-order valence-corrected chi connectivity index (χ2v) is 6.86. The lowest BCUT2D eigenvalue weighted by Crippen LogP contribution is -2.60. The molecule has 2 rings (SSSR count). The number of hydrogen-bond donors (Lipinski definition) is 2. The summed E-state index contributed by atoms with van der Waals surface area (Å²) in [7, 11) is 0. The minimum atomic E-state index is 0.210. The van der Waals surface area contributed by atoms with Crippen LogP contribution < -0.4 is 11.1 Å². The first-order valence-electron chi connectivity index (χ1n) is 7.57. The molecule has 2 saturated carbocycles. The molecule has 0 aliphatic heterocycles. The molecule has 3 N–H and O–H groups in total. The second kappa shape index (κ2) is 5.27. The Kier molecular flexibility index (Phi) is 4.14. The molecule has 1 atom stereocenters. The molecular weight excluding hydrogens is 208 g/mol. The Hall–Kier alpha value is -0.0800. The fourth-order valence-electron chi connectivity index (χ4n) is 3.93. The van der Waals surface area contributed by atoms with Gasteiger partial charge in [-0.15, -0.1) is 0 Å². The quantitative estimate of drug-likeness (QED) is 0.741. The van der Waals surface area contributed by atoms with Crippen molar-refractivity contribution < 1.29 is 0 Å². The van der Waals surface area contributed by atoms with Gasteiger partial charge in [-0.2, -0.15) is 0 Å². The van der Waals surface area contributed by atoms with Gasteiger partial charge in [0.05, 0.1) is 0 Å². The maximum absolute atomic E-state index is 6.14. The smallest absolute Gasteiger partial charge is 0.0357 e. The van der Waals surface area contributed by atoms with Gasteiger partial charge in [0.1, 0.15) is 0 Å². The van der Waals surface area contributed by atoms with E-state index >= 15 is 0 Å². The first-order valence-corrected chi connectivity index (χ1v) is 7.57. The first-order chi connectivity index (χ1) is 8.10. The minimum absolute atomic E-state index is 0.210. The average Bonchev–Trinajstić information content (AvgIpc) is 2.49. The molecular formula is C15H30N2. The molecule has 2 aliphatic rings. The van der Waals surface area contributed by atoms with Gasteiger partial charge in [0.25, 0.3) is 0 Å². The van der Waals surface area contributed by atoms with Crippen LogP contribution in [0.25, 0.3) is 0 Å². The summed E-state index contributed by atoms with van der Waals surface area (Å²) in [6.45, 7) is 5.60. The summed E-state index contributed by atoms with van der Waals surface area (Å²) in [6, 6.07) is 0.721. The molecule has 0 saturated heterocycles. The van der Waals surface area contributed by atoms with E-state index in [0.29, 0.717) is 5.41 Å². The molecule has 0 aromatic heterocycles. The van der Waals surface area contributed by atoms with E-state index in [1.807, 2.05) is 0 Å². The van der Waals surface area contributed by atoms with Crippen molar-refractivity contribution in [3.05, 3.63) is 0 Å². The van der Waals surface area contributed by atoms with Crippen LogP contribution in [0.2, 0.25) is 0 Å². The minimum Gasteiger partial charge on any atom is -0.329 e. The van der Waals surface area contributed by atoms with E-state index in [0.717, 1.165) is 12.6 Å². The van der Waals surface area contributed by atoms with E-state index in [1.54, 1.807) is 0 Å². The van der Waals surface area contributed by atoms with Gasteiger partial charge in [-0.1, -0.05) is 46.0 Å². The third-order valence-corrected chi connectivity index (χ3v) is 5.38. The molecule has 0 radical (unpaired) electrons. The van der Waals surface area contributed by atoms with Crippen LogP contribution in [-0.2, 0) is 0 Å². The van der Waals surface area contributed by atoms with Gasteiger partial charge >= 0.3 is 0 Å². The topological polar surface area (TPSA) is 38.0 Å². The summed E-state index contributed by atoms with van der Waals surface area (Å²) in [4.78, 5) is 0. The van der Waals surface area contributed by atoms with Crippen molar-refractivity contribution in [3.8, 4) is 0 Å². The van der Waals surface area contributed by atoms with E-state index in [9.17, 15) is 0 Å². The van der Waals surface area contributed by atoms with Gasteiger partial charge in [0.2, 0.25) is 0 Å². The van der Waals surface area contributed by atoms with Gasteiger partial charge in [-0.25, -0.2) is 0 Å². The van der Waals surface area contributed by atoms with Crippen molar-refractivity contribution in [2.45, 2.75) is 83.2 Å². The summed E-state index contributed by atoms with van der Waals surface area (Å²) in [6.07, 6.45) is 12.3. The highest BCUT2D eigenvalue weighted by atomic mass is 15.1. The Labute approximate surface area is 107 Å². The van der Waals surface area contributed by atoms with Crippen molar-refractivity contribution >= 4 is 0 Å². The van der Waals surface area contributed by atoms with Crippen LogP contribution in [0.1, 0.15) is 71.6 Å². The molecule has 1 unspecified atom stereocenters. The molecule has 0 bridgehead atoms. The largest absolute Gasteiger partial charge is 0.329 e. The fraction of sp³-hybridized carbons (Fsp3) is 1.00. The average molecular weight is 238 g/mol. The lowest BCUT2D eigenvalue weighted by molar-refractivity contribution is 0.141. The van der Waals surface area contributed by atoms with E-state index in [-0.39, 0.29) is 5.54 Å². The molecule has 0 heterocycles. The van der Waals surface area contributed by atoms with Gasteiger partial charge in [0, 0.05) is 18.1 Å². The predicted molar refractivity (Wildman–Crippen MR) is 74.0 cm³/mol. The van der Waals surface area contributed by atoms with Crippen LogP contribution in [0.5, 0.6) is 0 Å². The number of hydrogen-bond acceptors (Lipinski definition) is 2. The first kappa shape index (κ1) is 13.4.